The van der Waals surface area contributed by atoms with Crippen molar-refractivity contribution in [2.24, 2.45) is 11.8 Å². The average Bonchev–Trinajstić information content (AvgIpc) is 3.08. The number of likely N-dealkylation sites (tertiary alicyclic amines) is 1. The van der Waals surface area contributed by atoms with E-state index in [9.17, 15) is 4.79 Å². The minimum absolute atomic E-state index is 0.0746. The topological polar surface area (TPSA) is 60.2 Å². The Hall–Kier alpha value is -1.43. The van der Waals surface area contributed by atoms with Gasteiger partial charge in [0.25, 0.3) is 0 Å². The molecule has 3 rings (SSSR count). The van der Waals surface area contributed by atoms with Crippen molar-refractivity contribution in [3.63, 3.8) is 0 Å². The van der Waals surface area contributed by atoms with Crippen molar-refractivity contribution >= 4 is 5.91 Å². The molecule has 2 fully saturated rings. The zero-order valence-corrected chi connectivity index (χ0v) is 13.4. The van der Waals surface area contributed by atoms with Crippen LogP contribution in [0.25, 0.3) is 0 Å². The molecule has 0 aromatic carbocycles. The number of aromatic nitrogens is 3. The van der Waals surface area contributed by atoms with E-state index < -0.39 is 0 Å². The summed E-state index contributed by atoms with van der Waals surface area (Å²) in [6.45, 7) is 5.56. The average molecular weight is 306 g/mol. The zero-order valence-electron chi connectivity index (χ0n) is 13.4. The highest BCUT2D eigenvalue weighted by atomic mass is 16.5. The molecule has 6 nitrogen and oxygen atoms in total. The second kappa shape index (κ2) is 7.22. The van der Waals surface area contributed by atoms with Gasteiger partial charge in [-0.3, -0.25) is 9.48 Å². The number of nitrogens with zero attached hydrogens (tertiary/aromatic N) is 4. The minimum atomic E-state index is 0.0746. The molecule has 2 atom stereocenters. The smallest absolute Gasteiger partial charge is 0.228 e. The summed E-state index contributed by atoms with van der Waals surface area (Å²) in [5.41, 5.74) is 0. The van der Waals surface area contributed by atoms with E-state index in [0.29, 0.717) is 11.8 Å². The van der Waals surface area contributed by atoms with E-state index >= 15 is 0 Å². The van der Waals surface area contributed by atoms with Crippen LogP contribution in [0, 0.1) is 11.8 Å². The Morgan fingerprint density at radius 3 is 2.82 bits per heavy atom. The first kappa shape index (κ1) is 15.5. The van der Waals surface area contributed by atoms with Crippen LogP contribution < -0.4 is 0 Å². The molecular weight excluding hydrogens is 280 g/mol. The summed E-state index contributed by atoms with van der Waals surface area (Å²) in [6, 6.07) is 0. The molecule has 122 valence electrons. The van der Waals surface area contributed by atoms with Crippen molar-refractivity contribution in [2.75, 3.05) is 19.7 Å². The number of carbonyl (C=O) groups excluding carboxylic acids is 1. The lowest BCUT2D eigenvalue weighted by Gasteiger charge is -2.37. The standard InChI is InChI=1S/C16H26N4O2/c1-2-15-14(4-3-9-22-15)16(21)19-7-5-13(6-8-19)10-20-12-17-11-18-20/h11-15H,2-10H2,1H3. The van der Waals surface area contributed by atoms with E-state index in [1.165, 1.54) is 0 Å². The SMILES string of the molecule is CCC1OCCCC1C(=O)N1CCC(Cn2cncn2)CC1. The molecule has 2 aliphatic heterocycles. The van der Waals surface area contributed by atoms with Crippen LogP contribution in [0.3, 0.4) is 0 Å². The van der Waals surface area contributed by atoms with Crippen LogP contribution in [-0.4, -0.2) is 51.4 Å². The highest BCUT2D eigenvalue weighted by molar-refractivity contribution is 5.79. The van der Waals surface area contributed by atoms with Crippen molar-refractivity contribution in [2.45, 2.75) is 51.7 Å². The van der Waals surface area contributed by atoms with Gasteiger partial charge in [0, 0.05) is 26.2 Å². The van der Waals surface area contributed by atoms with E-state index in [1.807, 2.05) is 4.68 Å². The first-order chi connectivity index (χ1) is 10.8. The van der Waals surface area contributed by atoms with Crippen molar-refractivity contribution in [3.8, 4) is 0 Å². The van der Waals surface area contributed by atoms with Crippen molar-refractivity contribution < 1.29 is 9.53 Å². The molecular formula is C16H26N4O2. The number of carbonyl (C=O) groups is 1. The molecule has 0 bridgehead atoms. The van der Waals surface area contributed by atoms with Crippen LogP contribution in [-0.2, 0) is 16.1 Å². The van der Waals surface area contributed by atoms with Crippen LogP contribution >= 0.6 is 0 Å². The quantitative estimate of drug-likeness (QED) is 0.850. The summed E-state index contributed by atoms with van der Waals surface area (Å²) in [4.78, 5) is 18.8. The highest BCUT2D eigenvalue weighted by Crippen LogP contribution is 2.27. The molecule has 3 heterocycles. The number of hydrogen-bond donors (Lipinski definition) is 0. The number of ether oxygens (including phenoxy) is 1. The van der Waals surface area contributed by atoms with Gasteiger partial charge in [0.05, 0.1) is 12.0 Å². The molecule has 2 saturated heterocycles. The molecule has 22 heavy (non-hydrogen) atoms. The summed E-state index contributed by atoms with van der Waals surface area (Å²) in [5, 5.41) is 4.17. The fraction of sp³-hybridized carbons (Fsp3) is 0.812. The number of rotatable bonds is 4. The number of amides is 1. The van der Waals surface area contributed by atoms with Crippen LogP contribution in [0.5, 0.6) is 0 Å². The molecule has 1 aromatic heterocycles. The van der Waals surface area contributed by atoms with Gasteiger partial charge in [0.15, 0.2) is 0 Å². The van der Waals surface area contributed by atoms with Gasteiger partial charge >= 0.3 is 0 Å². The molecule has 2 aliphatic rings. The maximum atomic E-state index is 12.8. The van der Waals surface area contributed by atoms with Crippen molar-refractivity contribution in [3.05, 3.63) is 12.7 Å². The van der Waals surface area contributed by atoms with Crippen LogP contribution in [0.1, 0.15) is 39.0 Å². The fourth-order valence-corrected chi connectivity index (χ4v) is 3.69. The largest absolute Gasteiger partial charge is 0.377 e. The van der Waals surface area contributed by atoms with Gasteiger partial charge in [-0.1, -0.05) is 6.92 Å². The van der Waals surface area contributed by atoms with Gasteiger partial charge in [-0.05, 0) is 38.0 Å². The zero-order chi connectivity index (χ0) is 15.4. The third-order valence-electron chi connectivity index (χ3n) is 5.00. The van der Waals surface area contributed by atoms with Gasteiger partial charge in [-0.2, -0.15) is 5.10 Å². The van der Waals surface area contributed by atoms with E-state index in [2.05, 4.69) is 21.9 Å². The van der Waals surface area contributed by atoms with Gasteiger partial charge in [0.2, 0.25) is 5.91 Å². The third-order valence-corrected chi connectivity index (χ3v) is 5.00. The summed E-state index contributed by atoms with van der Waals surface area (Å²) in [5.74, 6) is 0.978. The lowest BCUT2D eigenvalue weighted by Crippen LogP contribution is -2.47. The van der Waals surface area contributed by atoms with Crippen LogP contribution in [0.4, 0.5) is 0 Å². The Morgan fingerprint density at radius 2 is 2.14 bits per heavy atom. The van der Waals surface area contributed by atoms with E-state index in [0.717, 1.165) is 58.3 Å². The van der Waals surface area contributed by atoms with Gasteiger partial charge in [-0.15, -0.1) is 0 Å². The molecule has 0 N–H and O–H groups in total. The molecule has 2 unspecified atom stereocenters. The van der Waals surface area contributed by atoms with Gasteiger partial charge < -0.3 is 9.64 Å². The second-order valence-electron chi connectivity index (χ2n) is 6.45. The van der Waals surface area contributed by atoms with Crippen molar-refractivity contribution in [1.29, 1.82) is 0 Å². The Bertz CT molecular complexity index is 469. The van der Waals surface area contributed by atoms with E-state index in [4.69, 9.17) is 4.74 Å². The first-order valence-corrected chi connectivity index (χ1v) is 8.50. The maximum Gasteiger partial charge on any atom is 0.228 e. The van der Waals surface area contributed by atoms with E-state index in [1.54, 1.807) is 12.7 Å². The number of piperidine rings is 1. The lowest BCUT2D eigenvalue weighted by atomic mass is 9.89. The summed E-state index contributed by atoms with van der Waals surface area (Å²) in [7, 11) is 0. The molecule has 1 aromatic rings. The summed E-state index contributed by atoms with van der Waals surface area (Å²) in [6.07, 6.45) is 8.49. The maximum absolute atomic E-state index is 12.8. The normalized spacial score (nSPS) is 27.0. The monoisotopic (exact) mass is 306 g/mol. The van der Waals surface area contributed by atoms with Gasteiger partial charge in [0.1, 0.15) is 12.7 Å². The second-order valence-corrected chi connectivity index (χ2v) is 6.45. The molecule has 1 amide bonds. The van der Waals surface area contributed by atoms with Gasteiger partial charge in [-0.25, -0.2) is 4.98 Å². The van der Waals surface area contributed by atoms with E-state index in [-0.39, 0.29) is 12.0 Å². The van der Waals surface area contributed by atoms with Crippen LogP contribution in [0.2, 0.25) is 0 Å². The van der Waals surface area contributed by atoms with Crippen molar-refractivity contribution in [1.82, 2.24) is 19.7 Å². The molecule has 0 spiro atoms. The fourth-order valence-electron chi connectivity index (χ4n) is 3.69. The third kappa shape index (κ3) is 3.48. The Morgan fingerprint density at radius 1 is 1.32 bits per heavy atom. The lowest BCUT2D eigenvalue weighted by molar-refractivity contribution is -0.146. The Balaban J connectivity index is 1.51. The summed E-state index contributed by atoms with van der Waals surface area (Å²) >= 11 is 0. The van der Waals surface area contributed by atoms with Crippen LogP contribution in [0.15, 0.2) is 12.7 Å². The first-order valence-electron chi connectivity index (χ1n) is 8.50. The number of hydrogen-bond acceptors (Lipinski definition) is 4. The Kier molecular flexibility index (Phi) is 5.08. The predicted octanol–water partition coefficient (Wildman–Crippen LogP) is 1.72. The molecule has 0 radical (unpaired) electrons. The minimum Gasteiger partial charge on any atom is -0.377 e. The molecule has 0 aliphatic carbocycles. The molecule has 6 heteroatoms. The Labute approximate surface area is 131 Å². The molecule has 0 saturated carbocycles. The highest BCUT2D eigenvalue weighted by Gasteiger charge is 2.35. The predicted molar refractivity (Wildman–Crippen MR) is 82.1 cm³/mol. The summed E-state index contributed by atoms with van der Waals surface area (Å²) < 4.78 is 7.67.